The lowest BCUT2D eigenvalue weighted by Crippen LogP contribution is -2.19. The number of rotatable bonds is 4. The van der Waals surface area contributed by atoms with Gasteiger partial charge in [0.25, 0.3) is 10.0 Å². The Balaban J connectivity index is 1.53. The molecule has 0 aliphatic carbocycles. The molecular formula is C18H17N3O2S2. The first-order chi connectivity index (χ1) is 12.0. The van der Waals surface area contributed by atoms with E-state index in [0.717, 1.165) is 35.1 Å². The maximum Gasteiger partial charge on any atom is 0.261 e. The molecule has 7 heteroatoms. The molecule has 0 aromatic heterocycles. The summed E-state index contributed by atoms with van der Waals surface area (Å²) in [5.41, 5.74) is 3.74. The summed E-state index contributed by atoms with van der Waals surface area (Å²) in [6.07, 6.45) is 0. The number of anilines is 1. The molecule has 0 atom stereocenters. The molecular weight excluding hydrogens is 354 g/mol. The van der Waals surface area contributed by atoms with Crippen molar-refractivity contribution in [3.63, 3.8) is 0 Å². The van der Waals surface area contributed by atoms with E-state index >= 15 is 0 Å². The maximum atomic E-state index is 12.5. The summed E-state index contributed by atoms with van der Waals surface area (Å²) >= 11 is 1.63. The van der Waals surface area contributed by atoms with Gasteiger partial charge in [0.1, 0.15) is 0 Å². The van der Waals surface area contributed by atoms with Gasteiger partial charge < -0.3 is 4.90 Å². The lowest BCUT2D eigenvalue weighted by Gasteiger charge is -2.17. The smallest absolute Gasteiger partial charge is 0.261 e. The number of nitrogens with one attached hydrogen (secondary N) is 1. The first-order valence-corrected chi connectivity index (χ1v) is 10.3. The number of benzene rings is 2. The third-order valence-corrected chi connectivity index (χ3v) is 6.43. The SMILES string of the molecule is Cc1ccc(S(=O)(=O)Nc2ccc(C3=CSC4=NCCN34)cc2)cc1. The van der Waals surface area contributed by atoms with E-state index < -0.39 is 10.0 Å². The molecule has 1 N–H and O–H groups in total. The van der Waals surface area contributed by atoms with E-state index in [1.54, 1.807) is 48.2 Å². The molecule has 4 rings (SSSR count). The maximum absolute atomic E-state index is 12.5. The first-order valence-electron chi connectivity index (χ1n) is 7.92. The summed E-state index contributed by atoms with van der Waals surface area (Å²) in [6, 6.07) is 14.2. The number of hydrogen-bond acceptors (Lipinski definition) is 5. The number of aliphatic imine (C=N–C) groups is 1. The van der Waals surface area contributed by atoms with Gasteiger partial charge in [-0.1, -0.05) is 41.6 Å². The highest BCUT2D eigenvalue weighted by Gasteiger charge is 2.27. The topological polar surface area (TPSA) is 61.8 Å². The lowest BCUT2D eigenvalue weighted by atomic mass is 10.1. The Bertz CT molecular complexity index is 962. The molecule has 25 heavy (non-hydrogen) atoms. The van der Waals surface area contributed by atoms with Crippen LogP contribution in [0.15, 0.2) is 63.8 Å². The Hall–Kier alpha value is -2.25. The van der Waals surface area contributed by atoms with Gasteiger partial charge in [0.05, 0.1) is 17.1 Å². The van der Waals surface area contributed by atoms with Gasteiger partial charge in [-0.25, -0.2) is 8.42 Å². The molecule has 0 radical (unpaired) electrons. The van der Waals surface area contributed by atoms with Crippen LogP contribution in [-0.4, -0.2) is 31.6 Å². The molecule has 2 aromatic rings. The van der Waals surface area contributed by atoms with Gasteiger partial charge in [-0.3, -0.25) is 9.71 Å². The summed E-state index contributed by atoms with van der Waals surface area (Å²) < 4.78 is 27.5. The Morgan fingerprint density at radius 3 is 2.52 bits per heavy atom. The second-order valence-corrected chi connectivity index (χ2v) is 8.45. The largest absolute Gasteiger partial charge is 0.318 e. The van der Waals surface area contributed by atoms with Crippen molar-refractivity contribution in [3.8, 4) is 0 Å². The van der Waals surface area contributed by atoms with E-state index in [1.165, 1.54) is 0 Å². The molecule has 0 saturated carbocycles. The van der Waals surface area contributed by atoms with Gasteiger partial charge in [0, 0.05) is 17.6 Å². The van der Waals surface area contributed by atoms with Crippen LogP contribution in [0.25, 0.3) is 5.70 Å². The van der Waals surface area contributed by atoms with E-state index in [0.29, 0.717) is 5.69 Å². The van der Waals surface area contributed by atoms with E-state index in [1.807, 2.05) is 19.1 Å². The molecule has 128 valence electrons. The number of nitrogens with zero attached hydrogens (tertiary/aromatic N) is 2. The van der Waals surface area contributed by atoms with Crippen molar-refractivity contribution in [1.82, 2.24) is 4.90 Å². The van der Waals surface area contributed by atoms with Gasteiger partial charge in [0.15, 0.2) is 5.17 Å². The molecule has 2 aromatic carbocycles. The van der Waals surface area contributed by atoms with E-state index in [2.05, 4.69) is 20.0 Å². The van der Waals surface area contributed by atoms with Gasteiger partial charge >= 0.3 is 0 Å². The number of aryl methyl sites for hydroxylation is 1. The Morgan fingerprint density at radius 2 is 1.80 bits per heavy atom. The molecule has 0 spiro atoms. The monoisotopic (exact) mass is 371 g/mol. The number of amidine groups is 1. The van der Waals surface area contributed by atoms with Crippen LogP contribution in [0, 0.1) is 6.92 Å². The van der Waals surface area contributed by atoms with Crippen LogP contribution >= 0.6 is 11.8 Å². The summed E-state index contributed by atoms with van der Waals surface area (Å²) in [6.45, 7) is 3.65. The summed E-state index contributed by atoms with van der Waals surface area (Å²) in [5.74, 6) is 0. The van der Waals surface area contributed by atoms with Crippen LogP contribution in [0.3, 0.4) is 0 Å². The minimum absolute atomic E-state index is 0.259. The molecule has 2 heterocycles. The van der Waals surface area contributed by atoms with Gasteiger partial charge in [-0.05, 0) is 36.8 Å². The van der Waals surface area contributed by atoms with Crippen LogP contribution in [0.2, 0.25) is 0 Å². The zero-order valence-corrected chi connectivity index (χ0v) is 15.3. The Morgan fingerprint density at radius 1 is 1.08 bits per heavy atom. The third kappa shape index (κ3) is 3.17. The third-order valence-electron chi connectivity index (χ3n) is 4.13. The highest BCUT2D eigenvalue weighted by atomic mass is 32.2. The van der Waals surface area contributed by atoms with Gasteiger partial charge in [-0.15, -0.1) is 0 Å². The van der Waals surface area contributed by atoms with E-state index in [9.17, 15) is 8.42 Å². The standard InChI is InChI=1S/C18H17N3O2S2/c1-13-2-8-16(9-3-13)25(22,23)20-15-6-4-14(5-7-15)17-12-24-18-19-10-11-21(17)18/h2-9,12,20H,10-11H2,1H3. The van der Waals surface area contributed by atoms with E-state index in [4.69, 9.17) is 0 Å². The number of hydrogen-bond donors (Lipinski definition) is 1. The summed E-state index contributed by atoms with van der Waals surface area (Å²) in [4.78, 5) is 6.89. The van der Waals surface area contributed by atoms with Crippen molar-refractivity contribution >= 4 is 38.3 Å². The molecule has 0 fully saturated rings. The highest BCUT2D eigenvalue weighted by Crippen LogP contribution is 2.35. The molecule has 0 unspecified atom stereocenters. The molecule has 2 aliphatic rings. The van der Waals surface area contributed by atoms with Crippen molar-refractivity contribution < 1.29 is 8.42 Å². The van der Waals surface area contributed by atoms with Crippen molar-refractivity contribution in [2.75, 3.05) is 17.8 Å². The van der Waals surface area contributed by atoms with Crippen LogP contribution in [0.4, 0.5) is 5.69 Å². The van der Waals surface area contributed by atoms with Crippen LogP contribution in [0.1, 0.15) is 11.1 Å². The molecule has 0 amide bonds. The molecule has 5 nitrogen and oxygen atoms in total. The molecule has 0 saturated heterocycles. The van der Waals surface area contributed by atoms with Crippen LogP contribution < -0.4 is 4.72 Å². The van der Waals surface area contributed by atoms with Crippen molar-refractivity contribution in [2.24, 2.45) is 4.99 Å². The second-order valence-electron chi connectivity index (χ2n) is 5.93. The normalized spacial score (nSPS) is 16.4. The Labute approximate surface area is 151 Å². The fraction of sp³-hybridized carbons (Fsp3) is 0.167. The minimum atomic E-state index is -3.57. The average Bonchev–Trinajstić information content (AvgIpc) is 3.19. The molecule has 2 aliphatic heterocycles. The zero-order valence-electron chi connectivity index (χ0n) is 13.6. The van der Waals surface area contributed by atoms with Crippen LogP contribution in [0.5, 0.6) is 0 Å². The quantitative estimate of drug-likeness (QED) is 0.893. The van der Waals surface area contributed by atoms with E-state index in [-0.39, 0.29) is 4.90 Å². The predicted molar refractivity (Wildman–Crippen MR) is 103 cm³/mol. The summed E-state index contributed by atoms with van der Waals surface area (Å²) in [5, 5.41) is 3.13. The minimum Gasteiger partial charge on any atom is -0.318 e. The number of sulfonamides is 1. The van der Waals surface area contributed by atoms with Gasteiger partial charge in [-0.2, -0.15) is 0 Å². The second kappa shape index (κ2) is 6.24. The van der Waals surface area contributed by atoms with Gasteiger partial charge in [0.2, 0.25) is 0 Å². The average molecular weight is 371 g/mol. The van der Waals surface area contributed by atoms with Crippen LogP contribution in [-0.2, 0) is 10.0 Å². The van der Waals surface area contributed by atoms with Crippen molar-refractivity contribution in [3.05, 3.63) is 65.1 Å². The lowest BCUT2D eigenvalue weighted by molar-refractivity contribution is 0.601. The number of fused-ring (bicyclic) bond motifs is 1. The summed E-state index contributed by atoms with van der Waals surface area (Å²) in [7, 11) is -3.57. The fourth-order valence-electron chi connectivity index (χ4n) is 2.79. The zero-order chi connectivity index (χ0) is 17.4. The predicted octanol–water partition coefficient (Wildman–Crippen LogP) is 3.51. The Kier molecular flexibility index (Phi) is 4.05. The highest BCUT2D eigenvalue weighted by molar-refractivity contribution is 8.16. The molecule has 0 bridgehead atoms. The first kappa shape index (κ1) is 16.2. The van der Waals surface area contributed by atoms with Crippen molar-refractivity contribution in [2.45, 2.75) is 11.8 Å². The fourth-order valence-corrected chi connectivity index (χ4v) is 4.81. The van der Waals surface area contributed by atoms with Crippen molar-refractivity contribution in [1.29, 1.82) is 0 Å². The number of thioether (sulfide) groups is 1.